The van der Waals surface area contributed by atoms with E-state index in [0.29, 0.717) is 5.69 Å². The van der Waals surface area contributed by atoms with Gasteiger partial charge in [-0.2, -0.15) is 0 Å². The van der Waals surface area contributed by atoms with Gasteiger partial charge in [-0.25, -0.2) is 13.6 Å². The fraction of sp³-hybridized carbons (Fsp3) is 0.462. The van der Waals surface area contributed by atoms with Gasteiger partial charge in [0, 0.05) is 12.2 Å². The number of anilines is 1. The maximum Gasteiger partial charge on any atom is 0.319 e. The van der Waals surface area contributed by atoms with Crippen LogP contribution in [0.25, 0.3) is 0 Å². The molecule has 1 aromatic carbocycles. The zero-order valence-electron chi connectivity index (χ0n) is 11.1. The van der Waals surface area contributed by atoms with Crippen molar-refractivity contribution in [2.75, 3.05) is 25.1 Å². The number of ether oxygens (including phenoxy) is 1. The van der Waals surface area contributed by atoms with E-state index in [9.17, 15) is 18.7 Å². The molecule has 7 heteroatoms. The predicted molar refractivity (Wildman–Crippen MR) is 70.9 cm³/mol. The summed E-state index contributed by atoms with van der Waals surface area (Å²) < 4.78 is 28.1. The van der Waals surface area contributed by atoms with Crippen molar-refractivity contribution in [3.8, 4) is 0 Å². The van der Waals surface area contributed by atoms with Gasteiger partial charge in [-0.1, -0.05) is 12.1 Å². The first-order valence-corrected chi connectivity index (χ1v) is 6.18. The van der Waals surface area contributed by atoms with Crippen molar-refractivity contribution in [3.63, 3.8) is 0 Å². The zero-order chi connectivity index (χ0) is 15.0. The maximum absolute atomic E-state index is 11.8. The first kappa shape index (κ1) is 16.3. The lowest BCUT2D eigenvalue weighted by Crippen LogP contribution is -2.31. The highest BCUT2D eigenvalue weighted by Crippen LogP contribution is 2.15. The van der Waals surface area contributed by atoms with Crippen molar-refractivity contribution < 1.29 is 23.4 Å². The van der Waals surface area contributed by atoms with E-state index in [0.717, 1.165) is 5.56 Å². The summed E-state index contributed by atoms with van der Waals surface area (Å²) in [5.41, 5.74) is 1.32. The molecule has 5 nitrogen and oxygen atoms in total. The lowest BCUT2D eigenvalue weighted by molar-refractivity contribution is 0.0194. The monoisotopic (exact) mass is 288 g/mol. The van der Waals surface area contributed by atoms with Gasteiger partial charge >= 0.3 is 6.03 Å². The topological polar surface area (TPSA) is 70.6 Å². The number of halogens is 2. The van der Waals surface area contributed by atoms with Gasteiger partial charge in [0.05, 0.1) is 12.7 Å². The fourth-order valence-electron chi connectivity index (χ4n) is 1.43. The number of carbonyl (C=O) groups excluding carboxylic acids is 1. The van der Waals surface area contributed by atoms with Gasteiger partial charge in [-0.15, -0.1) is 0 Å². The molecule has 0 aliphatic carbocycles. The van der Waals surface area contributed by atoms with Gasteiger partial charge in [-0.05, 0) is 24.6 Å². The second-order valence-electron chi connectivity index (χ2n) is 4.14. The van der Waals surface area contributed by atoms with Crippen molar-refractivity contribution in [2.24, 2.45) is 0 Å². The van der Waals surface area contributed by atoms with E-state index in [1.807, 2.05) is 0 Å². The molecular formula is C13H18F2N2O3. The molecule has 0 saturated heterocycles. The molecule has 0 aromatic heterocycles. The molecule has 0 radical (unpaired) electrons. The van der Waals surface area contributed by atoms with Crippen molar-refractivity contribution in [1.29, 1.82) is 0 Å². The molecule has 0 heterocycles. The molecule has 0 spiro atoms. The number of aliphatic hydroxyl groups excluding tert-OH is 1. The van der Waals surface area contributed by atoms with Gasteiger partial charge in [0.2, 0.25) is 0 Å². The largest absolute Gasteiger partial charge is 0.389 e. The number of rotatable bonds is 7. The van der Waals surface area contributed by atoms with Gasteiger partial charge in [-0.3, -0.25) is 0 Å². The Bertz CT molecular complexity index is 411. The number of hydrogen-bond acceptors (Lipinski definition) is 3. The summed E-state index contributed by atoms with van der Waals surface area (Å²) in [7, 11) is 0. The molecule has 1 atom stereocenters. The Hall–Kier alpha value is -1.73. The number of amides is 2. The number of urea groups is 1. The Morgan fingerprint density at radius 2 is 2.00 bits per heavy atom. The second kappa shape index (κ2) is 8.44. The highest BCUT2D eigenvalue weighted by Gasteiger charge is 2.04. The SMILES string of the molecule is CC(O)c1ccc(NC(=O)NCCOCC(F)F)cc1. The summed E-state index contributed by atoms with van der Waals surface area (Å²) in [6, 6.07) is 6.28. The van der Waals surface area contributed by atoms with Gasteiger partial charge in [0.25, 0.3) is 6.43 Å². The zero-order valence-corrected chi connectivity index (χ0v) is 11.1. The highest BCUT2D eigenvalue weighted by atomic mass is 19.3. The molecule has 0 aliphatic heterocycles. The summed E-state index contributed by atoms with van der Waals surface area (Å²) in [6.07, 6.45) is -3.07. The molecule has 0 fully saturated rings. The Balaban J connectivity index is 2.25. The van der Waals surface area contributed by atoms with Crippen molar-refractivity contribution in [1.82, 2.24) is 5.32 Å². The Morgan fingerprint density at radius 3 is 2.55 bits per heavy atom. The van der Waals surface area contributed by atoms with Crippen LogP contribution in [0.3, 0.4) is 0 Å². The number of carbonyl (C=O) groups is 1. The van der Waals surface area contributed by atoms with E-state index < -0.39 is 25.2 Å². The Kier molecular flexibility index (Phi) is 6.89. The molecule has 1 aromatic rings. The molecule has 1 unspecified atom stereocenters. The second-order valence-corrected chi connectivity index (χ2v) is 4.14. The minimum absolute atomic E-state index is 0.0265. The molecule has 112 valence electrons. The fourth-order valence-corrected chi connectivity index (χ4v) is 1.43. The van der Waals surface area contributed by atoms with E-state index in [1.165, 1.54) is 0 Å². The van der Waals surface area contributed by atoms with Crippen molar-refractivity contribution >= 4 is 11.7 Å². The number of nitrogens with one attached hydrogen (secondary N) is 2. The van der Waals surface area contributed by atoms with Crippen LogP contribution in [-0.4, -0.2) is 37.3 Å². The summed E-state index contributed by atoms with van der Waals surface area (Å²) in [4.78, 5) is 11.5. The minimum atomic E-state index is -2.50. The van der Waals surface area contributed by atoms with Crippen LogP contribution in [0, 0.1) is 0 Å². The minimum Gasteiger partial charge on any atom is -0.389 e. The van der Waals surface area contributed by atoms with Gasteiger partial charge < -0.3 is 20.5 Å². The predicted octanol–water partition coefficient (Wildman–Crippen LogP) is 2.14. The standard InChI is InChI=1S/C13H18F2N2O3/c1-9(18)10-2-4-11(5-3-10)17-13(19)16-6-7-20-8-12(14)15/h2-5,9,12,18H,6-8H2,1H3,(H2,16,17,19). The summed E-state index contributed by atoms with van der Waals surface area (Å²) in [5, 5.41) is 14.4. The highest BCUT2D eigenvalue weighted by molar-refractivity contribution is 5.89. The third kappa shape index (κ3) is 6.44. The van der Waals surface area contributed by atoms with Crippen LogP contribution in [0.1, 0.15) is 18.6 Å². The molecule has 0 saturated carbocycles. The smallest absolute Gasteiger partial charge is 0.319 e. The first-order valence-electron chi connectivity index (χ1n) is 6.18. The van der Waals surface area contributed by atoms with E-state index in [1.54, 1.807) is 31.2 Å². The lowest BCUT2D eigenvalue weighted by Gasteiger charge is -2.09. The van der Waals surface area contributed by atoms with E-state index in [-0.39, 0.29) is 13.2 Å². The lowest BCUT2D eigenvalue weighted by atomic mass is 10.1. The van der Waals surface area contributed by atoms with Gasteiger partial charge in [0.15, 0.2) is 0 Å². The Labute approximate surface area is 115 Å². The van der Waals surface area contributed by atoms with E-state index in [2.05, 4.69) is 15.4 Å². The summed E-state index contributed by atoms with van der Waals surface area (Å²) in [5.74, 6) is 0. The van der Waals surface area contributed by atoms with E-state index in [4.69, 9.17) is 0 Å². The average molecular weight is 288 g/mol. The van der Waals surface area contributed by atoms with E-state index >= 15 is 0 Å². The van der Waals surface area contributed by atoms with Gasteiger partial charge in [0.1, 0.15) is 6.61 Å². The van der Waals surface area contributed by atoms with Crippen LogP contribution >= 0.6 is 0 Å². The summed E-state index contributed by atoms with van der Waals surface area (Å²) >= 11 is 0. The van der Waals surface area contributed by atoms with Crippen molar-refractivity contribution in [2.45, 2.75) is 19.5 Å². The number of alkyl halides is 2. The average Bonchev–Trinajstić information content (AvgIpc) is 2.38. The van der Waals surface area contributed by atoms with Crippen LogP contribution in [0.5, 0.6) is 0 Å². The molecule has 3 N–H and O–H groups in total. The van der Waals surface area contributed by atoms with Crippen LogP contribution in [0.2, 0.25) is 0 Å². The molecular weight excluding hydrogens is 270 g/mol. The number of benzene rings is 1. The summed E-state index contributed by atoms with van der Waals surface area (Å²) in [6.45, 7) is 1.18. The maximum atomic E-state index is 11.8. The number of hydrogen-bond donors (Lipinski definition) is 3. The molecule has 0 bridgehead atoms. The third-order valence-electron chi connectivity index (χ3n) is 2.43. The number of aliphatic hydroxyl groups is 1. The molecule has 1 rings (SSSR count). The third-order valence-corrected chi connectivity index (χ3v) is 2.43. The van der Waals surface area contributed by atoms with Crippen LogP contribution in [0.15, 0.2) is 24.3 Å². The van der Waals surface area contributed by atoms with Crippen LogP contribution in [-0.2, 0) is 4.74 Å². The first-order chi connectivity index (χ1) is 9.49. The Morgan fingerprint density at radius 1 is 1.35 bits per heavy atom. The quantitative estimate of drug-likeness (QED) is 0.673. The molecule has 0 aliphatic rings. The van der Waals surface area contributed by atoms with Crippen molar-refractivity contribution in [3.05, 3.63) is 29.8 Å². The van der Waals surface area contributed by atoms with Crippen LogP contribution < -0.4 is 10.6 Å². The molecule has 2 amide bonds. The normalized spacial score (nSPS) is 12.2. The van der Waals surface area contributed by atoms with Crippen LogP contribution in [0.4, 0.5) is 19.3 Å². The molecule has 20 heavy (non-hydrogen) atoms.